The second kappa shape index (κ2) is 7.07. The van der Waals surface area contributed by atoms with E-state index in [0.29, 0.717) is 21.5 Å². The van der Waals surface area contributed by atoms with Crippen molar-refractivity contribution in [3.63, 3.8) is 0 Å². The molecule has 130 valence electrons. The number of rotatable bonds is 5. The highest BCUT2D eigenvalue weighted by Gasteiger charge is 2.24. The van der Waals surface area contributed by atoms with Gasteiger partial charge in [-0.05, 0) is 61.5 Å². The Labute approximate surface area is 155 Å². The summed E-state index contributed by atoms with van der Waals surface area (Å²) in [5.41, 5.74) is 0.407. The molecule has 0 N–H and O–H groups in total. The highest BCUT2D eigenvalue weighted by molar-refractivity contribution is 7.89. The van der Waals surface area contributed by atoms with Gasteiger partial charge in [0.15, 0.2) is 0 Å². The van der Waals surface area contributed by atoms with E-state index in [1.807, 2.05) is 0 Å². The summed E-state index contributed by atoms with van der Waals surface area (Å²) in [7, 11) is -3.84. The molecule has 0 spiro atoms. The molecule has 3 rings (SSSR count). The first-order chi connectivity index (χ1) is 11.9. The third kappa shape index (κ3) is 3.81. The van der Waals surface area contributed by atoms with Crippen LogP contribution in [0.15, 0.2) is 65.7 Å². The number of nitrogens with zero attached hydrogens (tertiary/aromatic N) is 2. The van der Waals surface area contributed by atoms with Gasteiger partial charge in [-0.3, -0.25) is 0 Å². The Balaban J connectivity index is 1.91. The summed E-state index contributed by atoms with van der Waals surface area (Å²) in [6, 6.07) is 14.4. The molecule has 8 heteroatoms. The second-order valence-corrected chi connectivity index (χ2v) is 7.91. The van der Waals surface area contributed by atoms with E-state index < -0.39 is 16.1 Å². The monoisotopic (exact) mass is 396 g/mol. The lowest BCUT2D eigenvalue weighted by Crippen LogP contribution is -2.20. The van der Waals surface area contributed by atoms with Crippen molar-refractivity contribution in [2.45, 2.75) is 17.9 Å². The Morgan fingerprint density at radius 2 is 1.52 bits per heavy atom. The molecule has 0 bridgehead atoms. The smallest absolute Gasteiger partial charge is 0.283 e. The molecule has 5 nitrogen and oxygen atoms in total. The van der Waals surface area contributed by atoms with E-state index in [0.717, 1.165) is 4.09 Å². The molecule has 1 aromatic heterocycles. The number of benzene rings is 2. The molecule has 0 aliphatic rings. The summed E-state index contributed by atoms with van der Waals surface area (Å²) in [5, 5.41) is 5.01. The van der Waals surface area contributed by atoms with E-state index in [4.69, 9.17) is 27.9 Å². The fraction of sp³-hybridized carbons (Fsp3) is 0.118. The van der Waals surface area contributed by atoms with Gasteiger partial charge in [0.05, 0.1) is 16.8 Å². The summed E-state index contributed by atoms with van der Waals surface area (Å²) >= 11 is 11.7. The van der Waals surface area contributed by atoms with Crippen molar-refractivity contribution in [1.29, 1.82) is 0 Å². The molecule has 0 aliphatic heterocycles. The van der Waals surface area contributed by atoms with Crippen LogP contribution in [0.2, 0.25) is 10.0 Å². The maximum absolute atomic E-state index is 12.8. The SMILES string of the molecule is C[C@@H](Oc1ccc(Cl)cc1)c1ccnn1S(=O)(=O)c1ccc(Cl)cc1. The van der Waals surface area contributed by atoms with Gasteiger partial charge in [-0.2, -0.15) is 17.6 Å². The predicted molar refractivity (Wildman–Crippen MR) is 96.8 cm³/mol. The van der Waals surface area contributed by atoms with Gasteiger partial charge in [-0.25, -0.2) is 0 Å². The molecule has 0 fully saturated rings. The highest BCUT2D eigenvalue weighted by Crippen LogP contribution is 2.25. The number of hydrogen-bond donors (Lipinski definition) is 0. The van der Waals surface area contributed by atoms with Crippen molar-refractivity contribution in [3.8, 4) is 5.75 Å². The van der Waals surface area contributed by atoms with Gasteiger partial charge in [0.2, 0.25) is 0 Å². The van der Waals surface area contributed by atoms with Gasteiger partial charge < -0.3 is 4.74 Å². The molecule has 1 atom stereocenters. The van der Waals surface area contributed by atoms with Crippen LogP contribution in [0.1, 0.15) is 18.7 Å². The van der Waals surface area contributed by atoms with Crippen LogP contribution in [0.3, 0.4) is 0 Å². The zero-order chi connectivity index (χ0) is 18.0. The van der Waals surface area contributed by atoms with Crippen LogP contribution >= 0.6 is 23.2 Å². The van der Waals surface area contributed by atoms with Crippen molar-refractivity contribution in [3.05, 3.63) is 76.5 Å². The van der Waals surface area contributed by atoms with Crippen LogP contribution in [-0.4, -0.2) is 17.6 Å². The molecule has 1 heterocycles. The Bertz CT molecular complexity index is 968. The number of aromatic nitrogens is 2. The largest absolute Gasteiger partial charge is 0.484 e. The highest BCUT2D eigenvalue weighted by atomic mass is 35.5. The van der Waals surface area contributed by atoms with Crippen molar-refractivity contribution in [2.24, 2.45) is 0 Å². The molecule has 0 radical (unpaired) electrons. The number of halogens is 2. The molecule has 3 aromatic rings. The fourth-order valence-electron chi connectivity index (χ4n) is 2.28. The first-order valence-electron chi connectivity index (χ1n) is 7.35. The Morgan fingerprint density at radius 1 is 0.960 bits per heavy atom. The quantitative estimate of drug-likeness (QED) is 0.633. The molecular weight excluding hydrogens is 383 g/mol. The van der Waals surface area contributed by atoms with Crippen molar-refractivity contribution in [2.75, 3.05) is 0 Å². The van der Waals surface area contributed by atoms with Crippen LogP contribution in [0.4, 0.5) is 0 Å². The van der Waals surface area contributed by atoms with Crippen LogP contribution in [0.5, 0.6) is 5.75 Å². The Hall–Kier alpha value is -2.02. The van der Waals surface area contributed by atoms with Crippen molar-refractivity contribution in [1.82, 2.24) is 9.19 Å². The van der Waals surface area contributed by atoms with E-state index in [2.05, 4.69) is 5.10 Å². The van der Waals surface area contributed by atoms with E-state index >= 15 is 0 Å². The minimum absolute atomic E-state index is 0.0977. The van der Waals surface area contributed by atoms with E-state index in [9.17, 15) is 8.42 Å². The topological polar surface area (TPSA) is 61.2 Å². The van der Waals surface area contributed by atoms with Gasteiger partial charge in [-0.1, -0.05) is 23.2 Å². The maximum Gasteiger partial charge on any atom is 0.283 e. The minimum Gasteiger partial charge on any atom is -0.484 e. The Kier molecular flexibility index (Phi) is 5.03. The number of ether oxygens (including phenoxy) is 1. The molecule has 0 saturated heterocycles. The van der Waals surface area contributed by atoms with Gasteiger partial charge >= 0.3 is 0 Å². The third-order valence-corrected chi connectivity index (χ3v) is 5.65. The second-order valence-electron chi connectivity index (χ2n) is 5.27. The summed E-state index contributed by atoms with van der Waals surface area (Å²) in [5.74, 6) is 0.577. The van der Waals surface area contributed by atoms with Gasteiger partial charge in [0, 0.05) is 10.0 Å². The van der Waals surface area contributed by atoms with Gasteiger partial charge in [-0.15, -0.1) is 0 Å². The van der Waals surface area contributed by atoms with Crippen LogP contribution in [0.25, 0.3) is 0 Å². The first kappa shape index (κ1) is 17.8. The van der Waals surface area contributed by atoms with Crippen molar-refractivity contribution < 1.29 is 13.2 Å². The van der Waals surface area contributed by atoms with Crippen LogP contribution in [0, 0.1) is 0 Å². The van der Waals surface area contributed by atoms with E-state index in [-0.39, 0.29) is 4.90 Å². The van der Waals surface area contributed by atoms with Crippen molar-refractivity contribution >= 4 is 33.2 Å². The lowest BCUT2D eigenvalue weighted by molar-refractivity contribution is 0.220. The molecule has 25 heavy (non-hydrogen) atoms. The molecule has 0 aliphatic carbocycles. The van der Waals surface area contributed by atoms with E-state index in [1.54, 1.807) is 37.3 Å². The summed E-state index contributed by atoms with van der Waals surface area (Å²) in [6.07, 6.45) is 0.885. The third-order valence-electron chi connectivity index (χ3n) is 3.52. The zero-order valence-corrected chi connectivity index (χ0v) is 15.5. The lowest BCUT2D eigenvalue weighted by atomic mass is 10.3. The maximum atomic E-state index is 12.8. The standard InChI is InChI=1S/C17H14Cl2N2O3S/c1-12(24-15-6-2-13(18)3-7-15)17-10-11-20-21(17)25(22,23)16-8-4-14(19)5-9-16/h2-12H,1H3/t12-/m1/s1. The number of hydrogen-bond acceptors (Lipinski definition) is 4. The summed E-state index contributed by atoms with van der Waals surface area (Å²) in [4.78, 5) is 0.0977. The zero-order valence-electron chi connectivity index (χ0n) is 13.1. The average molecular weight is 397 g/mol. The van der Waals surface area contributed by atoms with Gasteiger partial charge in [0.1, 0.15) is 11.9 Å². The van der Waals surface area contributed by atoms with Gasteiger partial charge in [0.25, 0.3) is 10.0 Å². The first-order valence-corrected chi connectivity index (χ1v) is 9.55. The normalized spacial score (nSPS) is 12.8. The predicted octanol–water partition coefficient (Wildman–Crippen LogP) is 4.57. The molecule has 2 aromatic carbocycles. The summed E-state index contributed by atoms with van der Waals surface area (Å²) in [6.45, 7) is 1.75. The van der Waals surface area contributed by atoms with E-state index in [1.165, 1.54) is 30.5 Å². The Morgan fingerprint density at radius 3 is 2.12 bits per heavy atom. The average Bonchev–Trinajstić information content (AvgIpc) is 3.08. The van der Waals surface area contributed by atoms with Crippen LogP contribution in [-0.2, 0) is 10.0 Å². The molecule has 0 saturated carbocycles. The molecular formula is C17H14Cl2N2O3S. The molecule has 0 amide bonds. The fourth-order valence-corrected chi connectivity index (χ4v) is 3.87. The van der Waals surface area contributed by atoms with Crippen LogP contribution < -0.4 is 4.74 Å². The summed E-state index contributed by atoms with van der Waals surface area (Å²) < 4.78 is 32.4. The minimum atomic E-state index is -3.84. The lowest BCUT2D eigenvalue weighted by Gasteiger charge is -2.16. The molecule has 0 unspecified atom stereocenters.